The van der Waals surface area contributed by atoms with Crippen molar-refractivity contribution in [2.45, 2.75) is 6.61 Å². The second kappa shape index (κ2) is 5.44. The van der Waals surface area contributed by atoms with E-state index in [4.69, 9.17) is 4.74 Å². The van der Waals surface area contributed by atoms with E-state index in [-0.39, 0.29) is 6.61 Å². The van der Waals surface area contributed by atoms with Crippen LogP contribution in [-0.4, -0.2) is 16.0 Å². The quantitative estimate of drug-likeness (QED) is 0.793. The number of nitrogens with one attached hydrogen (secondary N) is 1. The van der Waals surface area contributed by atoms with Crippen molar-refractivity contribution >= 4 is 17.0 Å². The minimum Gasteiger partial charge on any atom is -0.443 e. The molecule has 0 saturated carbocycles. The Kier molecular flexibility index (Phi) is 3.33. The summed E-state index contributed by atoms with van der Waals surface area (Å²) in [4.78, 5) is 13.1. The number of para-hydroxylation sites is 1. The molecule has 5 nitrogen and oxygen atoms in total. The third kappa shape index (κ3) is 2.61. The van der Waals surface area contributed by atoms with Gasteiger partial charge in [-0.05, 0) is 11.6 Å². The molecule has 3 rings (SSSR count). The molecule has 100 valence electrons. The van der Waals surface area contributed by atoms with Crippen LogP contribution in [-0.2, 0) is 11.3 Å². The second-order valence-corrected chi connectivity index (χ2v) is 4.29. The second-order valence-electron chi connectivity index (χ2n) is 4.29. The molecule has 20 heavy (non-hydrogen) atoms. The minimum atomic E-state index is -0.539. The highest BCUT2D eigenvalue weighted by molar-refractivity contribution is 5.82. The number of amides is 1. The number of carbonyl (C=O) groups excluding carboxylic acids is 1. The van der Waals surface area contributed by atoms with Crippen molar-refractivity contribution in [2.75, 3.05) is 5.43 Å². The molecule has 0 spiro atoms. The molecule has 5 heteroatoms. The molecule has 1 amide bonds. The van der Waals surface area contributed by atoms with Gasteiger partial charge < -0.3 is 4.74 Å². The number of aromatic nitrogens is 2. The molecule has 1 aromatic heterocycles. The van der Waals surface area contributed by atoms with Gasteiger partial charge in [-0.2, -0.15) is 9.89 Å². The SMILES string of the molecule is O=C(Nn1ncc2ccccc21)OCc1ccccc1. The fourth-order valence-corrected chi connectivity index (χ4v) is 1.90. The summed E-state index contributed by atoms with van der Waals surface area (Å²) in [5.74, 6) is 0. The van der Waals surface area contributed by atoms with Gasteiger partial charge in [-0.3, -0.25) is 0 Å². The maximum atomic E-state index is 11.7. The first-order chi connectivity index (χ1) is 9.83. The van der Waals surface area contributed by atoms with Gasteiger partial charge in [0.15, 0.2) is 0 Å². The molecule has 0 unspecified atom stereocenters. The van der Waals surface area contributed by atoms with Crippen molar-refractivity contribution in [2.24, 2.45) is 0 Å². The van der Waals surface area contributed by atoms with E-state index in [1.54, 1.807) is 6.20 Å². The summed E-state index contributed by atoms with van der Waals surface area (Å²) < 4.78 is 5.14. The Hall–Kier alpha value is -2.82. The number of carbonyl (C=O) groups is 1. The van der Waals surface area contributed by atoms with Crippen LogP contribution in [0.2, 0.25) is 0 Å². The largest absolute Gasteiger partial charge is 0.443 e. The molecule has 0 aliphatic rings. The van der Waals surface area contributed by atoms with Gasteiger partial charge >= 0.3 is 6.09 Å². The van der Waals surface area contributed by atoms with Crippen LogP contribution in [0.1, 0.15) is 5.56 Å². The summed E-state index contributed by atoms with van der Waals surface area (Å²) in [7, 11) is 0. The highest BCUT2D eigenvalue weighted by Crippen LogP contribution is 2.11. The lowest BCUT2D eigenvalue weighted by molar-refractivity contribution is 0.151. The lowest BCUT2D eigenvalue weighted by Gasteiger charge is -2.07. The van der Waals surface area contributed by atoms with E-state index in [0.29, 0.717) is 0 Å². The number of nitrogens with zero attached hydrogens (tertiary/aromatic N) is 2. The molecule has 0 radical (unpaired) electrons. The third-order valence-electron chi connectivity index (χ3n) is 2.89. The summed E-state index contributed by atoms with van der Waals surface area (Å²) >= 11 is 0. The molecular formula is C15H13N3O2. The van der Waals surface area contributed by atoms with Crippen LogP contribution in [0.3, 0.4) is 0 Å². The molecule has 0 bridgehead atoms. The summed E-state index contributed by atoms with van der Waals surface area (Å²) in [6.45, 7) is 0.228. The van der Waals surface area contributed by atoms with Crippen LogP contribution >= 0.6 is 0 Å². The number of fused-ring (bicyclic) bond motifs is 1. The zero-order valence-corrected chi connectivity index (χ0v) is 10.7. The molecule has 1 heterocycles. The standard InChI is InChI=1S/C15H13N3O2/c19-15(20-11-12-6-2-1-3-7-12)17-18-14-9-5-4-8-13(14)10-16-18/h1-10H,11H2,(H,17,19). The third-order valence-corrected chi connectivity index (χ3v) is 2.89. The lowest BCUT2D eigenvalue weighted by Crippen LogP contribution is -2.24. The average molecular weight is 267 g/mol. The smallest absolute Gasteiger partial charge is 0.428 e. The number of benzene rings is 2. The molecule has 0 saturated heterocycles. The van der Waals surface area contributed by atoms with Gasteiger partial charge in [-0.15, -0.1) is 0 Å². The zero-order chi connectivity index (χ0) is 13.8. The Labute approximate surface area is 115 Å². The first kappa shape index (κ1) is 12.2. The highest BCUT2D eigenvalue weighted by atomic mass is 16.6. The maximum absolute atomic E-state index is 11.7. The molecular weight excluding hydrogens is 254 g/mol. The van der Waals surface area contributed by atoms with Crippen LogP contribution < -0.4 is 5.43 Å². The van der Waals surface area contributed by atoms with Gasteiger partial charge in [-0.25, -0.2) is 10.2 Å². The molecule has 0 aliphatic heterocycles. The van der Waals surface area contributed by atoms with Gasteiger partial charge in [0.2, 0.25) is 0 Å². The summed E-state index contributed by atoms with van der Waals surface area (Å²) in [5, 5.41) is 5.05. The van der Waals surface area contributed by atoms with E-state index in [1.807, 2.05) is 54.6 Å². The molecule has 3 aromatic rings. The predicted molar refractivity (Wildman–Crippen MR) is 75.7 cm³/mol. The van der Waals surface area contributed by atoms with Gasteiger partial charge in [0.25, 0.3) is 0 Å². The van der Waals surface area contributed by atoms with Gasteiger partial charge in [0, 0.05) is 5.39 Å². The number of ether oxygens (including phenoxy) is 1. The van der Waals surface area contributed by atoms with E-state index in [1.165, 1.54) is 4.79 Å². The minimum absolute atomic E-state index is 0.228. The molecule has 2 aromatic carbocycles. The van der Waals surface area contributed by atoms with Gasteiger partial charge in [-0.1, -0.05) is 48.5 Å². The fourth-order valence-electron chi connectivity index (χ4n) is 1.90. The Morgan fingerprint density at radius 2 is 1.85 bits per heavy atom. The van der Waals surface area contributed by atoms with Crippen LogP contribution in [0.15, 0.2) is 60.8 Å². The van der Waals surface area contributed by atoms with Crippen LogP contribution in [0.5, 0.6) is 0 Å². The van der Waals surface area contributed by atoms with Crippen molar-refractivity contribution < 1.29 is 9.53 Å². The van der Waals surface area contributed by atoms with E-state index in [9.17, 15) is 4.79 Å². The maximum Gasteiger partial charge on any atom is 0.428 e. The fraction of sp³-hybridized carbons (Fsp3) is 0.0667. The van der Waals surface area contributed by atoms with Crippen molar-refractivity contribution in [3.63, 3.8) is 0 Å². The Balaban J connectivity index is 1.64. The van der Waals surface area contributed by atoms with Crippen molar-refractivity contribution in [1.82, 2.24) is 9.89 Å². The highest BCUT2D eigenvalue weighted by Gasteiger charge is 2.06. The van der Waals surface area contributed by atoms with Gasteiger partial charge in [0.05, 0.1) is 11.7 Å². The number of rotatable bonds is 3. The number of hydrogen-bond acceptors (Lipinski definition) is 3. The van der Waals surface area contributed by atoms with E-state index in [0.717, 1.165) is 16.5 Å². The molecule has 0 fully saturated rings. The summed E-state index contributed by atoms with van der Waals surface area (Å²) in [6, 6.07) is 17.1. The van der Waals surface area contributed by atoms with Crippen LogP contribution in [0.25, 0.3) is 10.9 Å². The Bertz CT molecular complexity index is 722. The van der Waals surface area contributed by atoms with Crippen LogP contribution in [0, 0.1) is 0 Å². The normalized spacial score (nSPS) is 10.4. The zero-order valence-electron chi connectivity index (χ0n) is 10.7. The van der Waals surface area contributed by atoms with E-state index >= 15 is 0 Å². The van der Waals surface area contributed by atoms with E-state index < -0.39 is 6.09 Å². The van der Waals surface area contributed by atoms with Gasteiger partial charge in [0.1, 0.15) is 6.61 Å². The summed E-state index contributed by atoms with van der Waals surface area (Å²) in [6.07, 6.45) is 1.15. The summed E-state index contributed by atoms with van der Waals surface area (Å²) in [5.41, 5.74) is 4.34. The van der Waals surface area contributed by atoms with Crippen molar-refractivity contribution in [3.05, 3.63) is 66.4 Å². The molecule has 0 aliphatic carbocycles. The average Bonchev–Trinajstić information content (AvgIpc) is 2.90. The van der Waals surface area contributed by atoms with Crippen molar-refractivity contribution in [1.29, 1.82) is 0 Å². The van der Waals surface area contributed by atoms with Crippen LogP contribution in [0.4, 0.5) is 4.79 Å². The van der Waals surface area contributed by atoms with E-state index in [2.05, 4.69) is 10.5 Å². The topological polar surface area (TPSA) is 56.2 Å². The monoisotopic (exact) mass is 267 g/mol. The van der Waals surface area contributed by atoms with Crippen molar-refractivity contribution in [3.8, 4) is 0 Å². The predicted octanol–water partition coefficient (Wildman–Crippen LogP) is 2.92. The number of hydrogen-bond donors (Lipinski definition) is 1. The molecule has 1 N–H and O–H groups in total. The Morgan fingerprint density at radius 1 is 1.10 bits per heavy atom. The Morgan fingerprint density at radius 3 is 2.70 bits per heavy atom. The molecule has 0 atom stereocenters. The lowest BCUT2D eigenvalue weighted by atomic mass is 10.2. The first-order valence-electron chi connectivity index (χ1n) is 6.23. The first-order valence-corrected chi connectivity index (χ1v) is 6.23.